The summed E-state index contributed by atoms with van der Waals surface area (Å²) in [6.07, 6.45) is 1.15. The monoisotopic (exact) mass is 323 g/mol. The molecule has 0 radical (unpaired) electrons. The zero-order valence-corrected chi connectivity index (χ0v) is 13.1. The van der Waals surface area contributed by atoms with E-state index in [4.69, 9.17) is 0 Å². The van der Waals surface area contributed by atoms with Gasteiger partial charge in [0.25, 0.3) is 0 Å². The molecule has 18 heavy (non-hydrogen) atoms. The van der Waals surface area contributed by atoms with Gasteiger partial charge in [-0.2, -0.15) is 0 Å². The fourth-order valence-corrected chi connectivity index (χ4v) is 3.23. The van der Waals surface area contributed by atoms with Crippen LogP contribution in [0.4, 0.5) is 0 Å². The van der Waals surface area contributed by atoms with Crippen molar-refractivity contribution in [1.29, 1.82) is 0 Å². The number of aryl methyl sites for hydroxylation is 1. The van der Waals surface area contributed by atoms with Gasteiger partial charge in [-0.1, -0.05) is 35.0 Å². The summed E-state index contributed by atoms with van der Waals surface area (Å²) in [6, 6.07) is 11.1. The maximum Gasteiger partial charge on any atom is 0.0674 e. The Labute approximate surface area is 121 Å². The zero-order chi connectivity index (χ0) is 13.0. The quantitative estimate of drug-likeness (QED) is 0.824. The van der Waals surface area contributed by atoms with Crippen LogP contribution in [0.15, 0.2) is 40.2 Å². The molecule has 1 N–H and O–H groups in total. The van der Waals surface area contributed by atoms with E-state index in [1.807, 2.05) is 11.3 Å². The average Bonchev–Trinajstić information content (AvgIpc) is 2.88. The lowest BCUT2D eigenvalue weighted by Crippen LogP contribution is -2.23. The molecule has 0 aliphatic rings. The van der Waals surface area contributed by atoms with E-state index in [0.29, 0.717) is 6.04 Å². The van der Waals surface area contributed by atoms with Crippen LogP contribution >= 0.6 is 27.3 Å². The molecule has 1 atom stereocenters. The number of thiophene rings is 1. The highest BCUT2D eigenvalue weighted by Gasteiger charge is 2.16. The van der Waals surface area contributed by atoms with Crippen LogP contribution in [0.25, 0.3) is 0 Å². The first kappa shape index (κ1) is 13.8. The third-order valence-electron chi connectivity index (χ3n) is 2.98. The van der Waals surface area contributed by atoms with Crippen LogP contribution in [0, 0.1) is 6.92 Å². The lowest BCUT2D eigenvalue weighted by Gasteiger charge is -2.20. The Morgan fingerprint density at radius 1 is 1.33 bits per heavy atom. The minimum atomic E-state index is 0.308. The maximum atomic E-state index is 3.65. The fourth-order valence-electron chi connectivity index (χ4n) is 2.03. The van der Waals surface area contributed by atoms with Crippen LogP contribution in [0.5, 0.6) is 0 Å². The van der Waals surface area contributed by atoms with E-state index in [0.717, 1.165) is 17.4 Å². The molecule has 96 valence electrons. The second-order valence-corrected chi connectivity index (χ2v) is 6.30. The highest BCUT2D eigenvalue weighted by Crippen LogP contribution is 2.30. The van der Waals surface area contributed by atoms with Crippen molar-refractivity contribution in [3.8, 4) is 0 Å². The van der Waals surface area contributed by atoms with Crippen molar-refractivity contribution < 1.29 is 0 Å². The predicted octanol–water partition coefficient (Wildman–Crippen LogP) is 4.91. The first-order chi connectivity index (χ1) is 8.72. The smallest absolute Gasteiger partial charge is 0.0674 e. The van der Waals surface area contributed by atoms with Gasteiger partial charge < -0.3 is 5.32 Å². The zero-order valence-electron chi connectivity index (χ0n) is 10.7. The van der Waals surface area contributed by atoms with E-state index < -0.39 is 0 Å². The molecular weight excluding hydrogens is 306 g/mol. The third kappa shape index (κ3) is 3.22. The number of halogens is 1. The topological polar surface area (TPSA) is 12.0 Å². The molecule has 1 unspecified atom stereocenters. The molecule has 2 rings (SSSR count). The normalized spacial score (nSPS) is 12.6. The van der Waals surface area contributed by atoms with E-state index in [-0.39, 0.29) is 0 Å². The Bertz CT molecular complexity index is 493. The second kappa shape index (κ2) is 6.50. The molecule has 1 nitrogen and oxygen atoms in total. The van der Waals surface area contributed by atoms with Gasteiger partial charge in [-0.25, -0.2) is 0 Å². The van der Waals surface area contributed by atoms with Crippen LogP contribution < -0.4 is 5.32 Å². The summed E-state index contributed by atoms with van der Waals surface area (Å²) in [6.45, 7) is 5.41. The standard InChI is InChI=1S/C15H18BrNS/c1-3-8-17-15(14-5-4-9-18-14)13-10-12(16)7-6-11(13)2/h4-7,9-10,15,17H,3,8H2,1-2H3. The highest BCUT2D eigenvalue weighted by atomic mass is 79.9. The number of hydrogen-bond donors (Lipinski definition) is 1. The fraction of sp³-hybridized carbons (Fsp3) is 0.333. The molecule has 0 spiro atoms. The lowest BCUT2D eigenvalue weighted by molar-refractivity contribution is 0.603. The van der Waals surface area contributed by atoms with Gasteiger partial charge in [0.15, 0.2) is 0 Å². The van der Waals surface area contributed by atoms with Gasteiger partial charge in [-0.05, 0) is 54.6 Å². The number of rotatable bonds is 5. The average molecular weight is 324 g/mol. The van der Waals surface area contributed by atoms with Crippen LogP contribution in [0.2, 0.25) is 0 Å². The van der Waals surface area contributed by atoms with Crippen LogP contribution in [0.1, 0.15) is 35.4 Å². The van der Waals surface area contributed by atoms with Gasteiger partial charge in [0.05, 0.1) is 6.04 Å². The molecule has 2 aromatic rings. The van der Waals surface area contributed by atoms with Gasteiger partial charge in [0, 0.05) is 9.35 Å². The van der Waals surface area contributed by atoms with E-state index in [2.05, 4.69) is 70.8 Å². The minimum absolute atomic E-state index is 0.308. The summed E-state index contributed by atoms with van der Waals surface area (Å²) < 4.78 is 1.14. The first-order valence-electron chi connectivity index (χ1n) is 6.25. The van der Waals surface area contributed by atoms with Crippen molar-refractivity contribution in [2.24, 2.45) is 0 Å². The Balaban J connectivity index is 2.36. The Kier molecular flexibility index (Phi) is 4.98. The molecule has 0 aliphatic heterocycles. The molecule has 0 saturated carbocycles. The van der Waals surface area contributed by atoms with Gasteiger partial charge in [-0.3, -0.25) is 0 Å². The molecule has 0 aliphatic carbocycles. The third-order valence-corrected chi connectivity index (χ3v) is 4.41. The summed E-state index contributed by atoms with van der Waals surface area (Å²) in [7, 11) is 0. The van der Waals surface area contributed by atoms with Crippen molar-refractivity contribution >= 4 is 27.3 Å². The van der Waals surface area contributed by atoms with E-state index in [9.17, 15) is 0 Å². The van der Waals surface area contributed by atoms with Crippen LogP contribution in [-0.4, -0.2) is 6.54 Å². The summed E-state index contributed by atoms with van der Waals surface area (Å²) >= 11 is 5.38. The number of nitrogens with one attached hydrogen (secondary N) is 1. The molecule has 1 heterocycles. The summed E-state index contributed by atoms with van der Waals surface area (Å²) in [5.74, 6) is 0. The summed E-state index contributed by atoms with van der Waals surface area (Å²) in [4.78, 5) is 1.38. The van der Waals surface area contributed by atoms with E-state index in [1.54, 1.807) is 0 Å². The van der Waals surface area contributed by atoms with Gasteiger partial charge in [0.1, 0.15) is 0 Å². The van der Waals surface area contributed by atoms with Crippen molar-refractivity contribution in [1.82, 2.24) is 5.32 Å². The second-order valence-electron chi connectivity index (χ2n) is 4.40. The van der Waals surface area contributed by atoms with Gasteiger partial charge in [0.2, 0.25) is 0 Å². The highest BCUT2D eigenvalue weighted by molar-refractivity contribution is 9.10. The van der Waals surface area contributed by atoms with E-state index in [1.165, 1.54) is 16.0 Å². The van der Waals surface area contributed by atoms with Crippen molar-refractivity contribution in [2.75, 3.05) is 6.54 Å². The molecule has 0 saturated heterocycles. The largest absolute Gasteiger partial charge is 0.306 e. The van der Waals surface area contributed by atoms with Crippen molar-refractivity contribution in [3.63, 3.8) is 0 Å². The lowest BCUT2D eigenvalue weighted by atomic mass is 10.00. The maximum absolute atomic E-state index is 3.65. The SMILES string of the molecule is CCCNC(c1cccs1)c1cc(Br)ccc1C. The number of hydrogen-bond acceptors (Lipinski definition) is 2. The van der Waals surface area contributed by atoms with Crippen molar-refractivity contribution in [3.05, 3.63) is 56.2 Å². The van der Waals surface area contributed by atoms with Crippen molar-refractivity contribution in [2.45, 2.75) is 26.3 Å². The molecular formula is C15H18BrNS. The minimum Gasteiger partial charge on any atom is -0.306 e. The summed E-state index contributed by atoms with van der Waals surface area (Å²) in [5, 5.41) is 5.79. The molecule has 1 aromatic carbocycles. The molecule has 0 amide bonds. The first-order valence-corrected chi connectivity index (χ1v) is 7.92. The Morgan fingerprint density at radius 2 is 2.17 bits per heavy atom. The molecule has 0 bridgehead atoms. The molecule has 0 fully saturated rings. The molecule has 3 heteroatoms. The van der Waals surface area contributed by atoms with Gasteiger partial charge in [-0.15, -0.1) is 11.3 Å². The van der Waals surface area contributed by atoms with Gasteiger partial charge >= 0.3 is 0 Å². The Hall–Kier alpha value is -0.640. The predicted molar refractivity (Wildman–Crippen MR) is 83.3 cm³/mol. The Morgan fingerprint density at radius 3 is 2.83 bits per heavy atom. The molecule has 1 aromatic heterocycles. The van der Waals surface area contributed by atoms with Crippen LogP contribution in [-0.2, 0) is 0 Å². The van der Waals surface area contributed by atoms with Crippen LogP contribution in [0.3, 0.4) is 0 Å². The summed E-state index contributed by atoms with van der Waals surface area (Å²) in [5.41, 5.74) is 2.69. The number of benzene rings is 1. The van der Waals surface area contributed by atoms with E-state index >= 15 is 0 Å².